The number of aliphatic hydroxyl groups is 1. The molecule has 7 nitrogen and oxygen atoms in total. The number of hydrogen-bond donors (Lipinski definition) is 4. The molecule has 3 aromatic rings. The van der Waals surface area contributed by atoms with Crippen molar-refractivity contribution in [3.05, 3.63) is 77.0 Å². The van der Waals surface area contributed by atoms with Crippen LogP contribution < -0.4 is 16.0 Å². The van der Waals surface area contributed by atoms with Crippen LogP contribution >= 0.6 is 0 Å². The summed E-state index contributed by atoms with van der Waals surface area (Å²) in [5, 5.41) is 18.2. The third-order valence-electron chi connectivity index (χ3n) is 5.41. The van der Waals surface area contributed by atoms with E-state index in [0.717, 1.165) is 5.56 Å². The maximum Gasteiger partial charge on any atom is 0.421 e. The van der Waals surface area contributed by atoms with Crippen LogP contribution in [0.4, 0.5) is 30.6 Å². The molecule has 1 aromatic heterocycles. The molecule has 0 unspecified atom stereocenters. The lowest BCUT2D eigenvalue weighted by Crippen LogP contribution is -2.32. The molecule has 33 heavy (non-hydrogen) atoms. The van der Waals surface area contributed by atoms with Gasteiger partial charge >= 0.3 is 6.18 Å². The number of aliphatic hydroxyl groups excluding tert-OH is 1. The van der Waals surface area contributed by atoms with Crippen molar-refractivity contribution in [2.45, 2.75) is 31.6 Å². The summed E-state index contributed by atoms with van der Waals surface area (Å²) >= 11 is 0. The Hall–Kier alpha value is -3.66. The van der Waals surface area contributed by atoms with Crippen molar-refractivity contribution >= 4 is 23.4 Å². The number of carbonyl (C=O) groups excluding carboxylic acids is 1. The Balaban J connectivity index is 1.66. The minimum Gasteiger partial charge on any atom is -0.394 e. The second-order valence-electron chi connectivity index (χ2n) is 8.21. The van der Waals surface area contributed by atoms with Crippen LogP contribution in [0.5, 0.6) is 0 Å². The van der Waals surface area contributed by atoms with Gasteiger partial charge < -0.3 is 21.1 Å². The van der Waals surface area contributed by atoms with E-state index in [2.05, 4.69) is 25.9 Å². The molecular formula is C23H22F3N5O2. The van der Waals surface area contributed by atoms with E-state index in [0.29, 0.717) is 23.0 Å². The topological polar surface area (TPSA) is 99.2 Å². The highest BCUT2D eigenvalue weighted by atomic mass is 19.4. The monoisotopic (exact) mass is 457 g/mol. The molecule has 1 aliphatic rings. The normalized spacial score (nSPS) is 15.5. The minimum absolute atomic E-state index is 0.0645. The van der Waals surface area contributed by atoms with Crippen molar-refractivity contribution in [3.8, 4) is 0 Å². The molecular weight excluding hydrogens is 435 g/mol. The number of halogens is 3. The zero-order valence-corrected chi connectivity index (χ0v) is 17.9. The predicted octanol–water partition coefficient (Wildman–Crippen LogP) is 4.36. The third-order valence-corrected chi connectivity index (χ3v) is 5.41. The van der Waals surface area contributed by atoms with Crippen LogP contribution in [0.2, 0.25) is 0 Å². The highest BCUT2D eigenvalue weighted by Crippen LogP contribution is 2.36. The molecule has 4 rings (SSSR count). The quantitative estimate of drug-likeness (QED) is 0.439. The predicted molar refractivity (Wildman–Crippen MR) is 117 cm³/mol. The van der Waals surface area contributed by atoms with Crippen molar-refractivity contribution in [1.82, 2.24) is 15.3 Å². The molecule has 0 fully saturated rings. The summed E-state index contributed by atoms with van der Waals surface area (Å²) < 4.78 is 40.8. The van der Waals surface area contributed by atoms with Crippen LogP contribution in [-0.2, 0) is 11.7 Å². The van der Waals surface area contributed by atoms with E-state index < -0.39 is 35.7 Å². The van der Waals surface area contributed by atoms with Gasteiger partial charge in [0.1, 0.15) is 11.4 Å². The lowest BCUT2D eigenvalue weighted by Gasteiger charge is -2.21. The maximum absolute atomic E-state index is 13.6. The number of rotatable bonds is 6. The highest BCUT2D eigenvalue weighted by Gasteiger charge is 2.37. The molecule has 0 aliphatic carbocycles. The van der Waals surface area contributed by atoms with Crippen molar-refractivity contribution in [1.29, 1.82) is 0 Å². The molecule has 0 saturated heterocycles. The lowest BCUT2D eigenvalue weighted by atomic mass is 9.94. The van der Waals surface area contributed by atoms with Crippen molar-refractivity contribution in [2.24, 2.45) is 0 Å². The molecule has 4 N–H and O–H groups in total. The number of alkyl halides is 3. The summed E-state index contributed by atoms with van der Waals surface area (Å²) in [4.78, 5) is 20.0. The maximum atomic E-state index is 13.6. The Kier molecular flexibility index (Phi) is 5.71. The SMILES string of the molecule is CC1(C)NC(=O)c2ccc(Nc3ncc(C(F)(F)F)c(N[C@H](CO)c4ccccc4)n3)cc21. The van der Waals surface area contributed by atoms with Gasteiger partial charge in [0, 0.05) is 17.4 Å². The molecule has 1 aliphatic heterocycles. The van der Waals surface area contributed by atoms with E-state index in [4.69, 9.17) is 0 Å². The van der Waals surface area contributed by atoms with E-state index in [-0.39, 0.29) is 11.9 Å². The fourth-order valence-corrected chi connectivity index (χ4v) is 3.73. The summed E-state index contributed by atoms with van der Waals surface area (Å²) in [7, 11) is 0. The zero-order chi connectivity index (χ0) is 23.8. The number of aromatic nitrogens is 2. The van der Waals surface area contributed by atoms with Gasteiger partial charge in [-0.2, -0.15) is 18.2 Å². The number of amides is 1. The van der Waals surface area contributed by atoms with Crippen LogP contribution in [-0.4, -0.2) is 27.6 Å². The molecule has 2 heterocycles. The van der Waals surface area contributed by atoms with Gasteiger partial charge in [0.25, 0.3) is 5.91 Å². The van der Waals surface area contributed by atoms with Gasteiger partial charge in [-0.25, -0.2) is 4.98 Å². The fraction of sp³-hybridized carbons (Fsp3) is 0.261. The third kappa shape index (κ3) is 4.61. The molecule has 1 amide bonds. The largest absolute Gasteiger partial charge is 0.421 e. The first-order valence-electron chi connectivity index (χ1n) is 10.2. The smallest absolute Gasteiger partial charge is 0.394 e. The average molecular weight is 457 g/mol. The average Bonchev–Trinajstić information content (AvgIpc) is 2.99. The Morgan fingerprint density at radius 2 is 1.88 bits per heavy atom. The second kappa shape index (κ2) is 8.36. The van der Waals surface area contributed by atoms with Gasteiger partial charge in [0.2, 0.25) is 5.95 Å². The Labute approximate surface area is 188 Å². The number of carbonyl (C=O) groups is 1. The van der Waals surface area contributed by atoms with Crippen LogP contribution in [0.15, 0.2) is 54.7 Å². The number of nitrogens with one attached hydrogen (secondary N) is 3. The number of anilines is 3. The summed E-state index contributed by atoms with van der Waals surface area (Å²) in [5.74, 6) is -0.707. The van der Waals surface area contributed by atoms with Gasteiger partial charge in [0.05, 0.1) is 18.2 Å². The number of benzene rings is 2. The number of hydrogen-bond acceptors (Lipinski definition) is 6. The van der Waals surface area contributed by atoms with Crippen molar-refractivity contribution in [2.75, 3.05) is 17.2 Å². The van der Waals surface area contributed by atoms with Crippen LogP contribution in [0.25, 0.3) is 0 Å². The molecule has 172 valence electrons. The molecule has 10 heteroatoms. The highest BCUT2D eigenvalue weighted by molar-refractivity contribution is 6.00. The standard InChI is InChI=1S/C23H22F3N5O2/c1-22(2)16-10-14(8-9-15(16)20(33)31-22)28-21-27-11-17(23(24,25)26)19(30-21)29-18(12-32)13-6-4-3-5-7-13/h3-11,18,32H,12H2,1-2H3,(H,31,33)(H2,27,28,29,30)/t18-/m1/s1. The number of fused-ring (bicyclic) bond motifs is 1. The lowest BCUT2D eigenvalue weighted by molar-refractivity contribution is -0.137. The first-order valence-corrected chi connectivity index (χ1v) is 10.2. The summed E-state index contributed by atoms with van der Waals surface area (Å²) in [6.45, 7) is 3.28. The number of nitrogens with zero attached hydrogens (tertiary/aromatic N) is 2. The van der Waals surface area contributed by atoms with Gasteiger partial charge in [0.15, 0.2) is 0 Å². The van der Waals surface area contributed by atoms with Crippen molar-refractivity contribution in [3.63, 3.8) is 0 Å². The Bertz CT molecular complexity index is 1180. The van der Waals surface area contributed by atoms with Gasteiger partial charge in [-0.3, -0.25) is 4.79 Å². The molecule has 2 aromatic carbocycles. The van der Waals surface area contributed by atoms with Gasteiger partial charge in [-0.1, -0.05) is 30.3 Å². The molecule has 1 atom stereocenters. The van der Waals surface area contributed by atoms with Gasteiger partial charge in [-0.05, 0) is 43.2 Å². The Morgan fingerprint density at radius 1 is 1.15 bits per heavy atom. The van der Waals surface area contributed by atoms with E-state index in [9.17, 15) is 23.1 Å². The summed E-state index contributed by atoms with van der Waals surface area (Å²) in [6, 6.07) is 12.8. The summed E-state index contributed by atoms with van der Waals surface area (Å²) in [5.41, 5.74) is 0.793. The van der Waals surface area contributed by atoms with Crippen LogP contribution in [0.1, 0.15) is 46.9 Å². The first-order chi connectivity index (χ1) is 15.6. The molecule has 0 bridgehead atoms. The molecule has 0 radical (unpaired) electrons. The van der Waals surface area contributed by atoms with E-state index in [1.165, 1.54) is 0 Å². The van der Waals surface area contributed by atoms with E-state index in [1.54, 1.807) is 48.5 Å². The Morgan fingerprint density at radius 3 is 2.55 bits per heavy atom. The van der Waals surface area contributed by atoms with Crippen LogP contribution in [0, 0.1) is 0 Å². The zero-order valence-electron chi connectivity index (χ0n) is 17.9. The van der Waals surface area contributed by atoms with Gasteiger partial charge in [-0.15, -0.1) is 0 Å². The minimum atomic E-state index is -4.69. The second-order valence-corrected chi connectivity index (χ2v) is 8.21. The van der Waals surface area contributed by atoms with E-state index in [1.807, 2.05) is 13.8 Å². The molecule has 0 spiro atoms. The van der Waals surface area contributed by atoms with Crippen LogP contribution in [0.3, 0.4) is 0 Å². The first kappa shape index (κ1) is 22.5. The molecule has 0 saturated carbocycles. The summed E-state index contributed by atoms with van der Waals surface area (Å²) in [6.07, 6.45) is -4.00. The van der Waals surface area contributed by atoms with Crippen molar-refractivity contribution < 1.29 is 23.1 Å². The fourth-order valence-electron chi connectivity index (χ4n) is 3.73. The van der Waals surface area contributed by atoms with E-state index >= 15 is 0 Å².